The Labute approximate surface area is 149 Å². The van der Waals surface area contributed by atoms with Gasteiger partial charge >= 0.3 is 0 Å². The Morgan fingerprint density at radius 2 is 1.96 bits per heavy atom. The minimum Gasteiger partial charge on any atom is -0.298 e. The lowest BCUT2D eigenvalue weighted by Gasteiger charge is -2.04. The first-order chi connectivity index (χ1) is 12.1. The summed E-state index contributed by atoms with van der Waals surface area (Å²) in [5, 5.41) is 11.8. The molecule has 0 spiro atoms. The van der Waals surface area contributed by atoms with Crippen LogP contribution in [-0.4, -0.2) is 20.7 Å². The molecule has 0 saturated carbocycles. The summed E-state index contributed by atoms with van der Waals surface area (Å²) in [4.78, 5) is 17.0. The number of hydrogen-bond acceptors (Lipinski definition) is 4. The summed E-state index contributed by atoms with van der Waals surface area (Å²) >= 11 is 1.42. The predicted octanol–water partition coefficient (Wildman–Crippen LogP) is 4.26. The van der Waals surface area contributed by atoms with Gasteiger partial charge < -0.3 is 0 Å². The second-order valence-electron chi connectivity index (χ2n) is 5.79. The standard InChI is InChI=1S/C19H16N4OS/c1-12-16(10-20-23(12)2)18(24)22-19-21-17(11-25-19)15-9-5-7-13-6-3-4-8-14(13)15/h3-11H,1-2H3,(H,21,22,24). The van der Waals surface area contributed by atoms with Gasteiger partial charge in [-0.15, -0.1) is 11.3 Å². The van der Waals surface area contributed by atoms with E-state index in [0.717, 1.165) is 22.3 Å². The summed E-state index contributed by atoms with van der Waals surface area (Å²) in [5.41, 5.74) is 3.31. The topological polar surface area (TPSA) is 59.8 Å². The lowest BCUT2D eigenvalue weighted by molar-refractivity contribution is 0.102. The molecule has 6 heteroatoms. The van der Waals surface area contributed by atoms with Crippen LogP contribution in [0, 0.1) is 6.92 Å². The number of hydrogen-bond donors (Lipinski definition) is 1. The molecule has 0 radical (unpaired) electrons. The van der Waals surface area contributed by atoms with E-state index < -0.39 is 0 Å². The average Bonchev–Trinajstić information content (AvgIpc) is 3.22. The van der Waals surface area contributed by atoms with Crippen molar-refractivity contribution in [2.24, 2.45) is 7.05 Å². The number of fused-ring (bicyclic) bond motifs is 1. The van der Waals surface area contributed by atoms with Crippen LogP contribution in [0.3, 0.4) is 0 Å². The van der Waals surface area contributed by atoms with Gasteiger partial charge in [0.05, 0.1) is 17.5 Å². The summed E-state index contributed by atoms with van der Waals surface area (Å²) < 4.78 is 1.68. The van der Waals surface area contributed by atoms with E-state index in [1.807, 2.05) is 43.6 Å². The highest BCUT2D eigenvalue weighted by Crippen LogP contribution is 2.31. The fourth-order valence-corrected chi connectivity index (χ4v) is 3.50. The number of carbonyl (C=O) groups is 1. The van der Waals surface area contributed by atoms with E-state index in [1.54, 1.807) is 10.9 Å². The SMILES string of the molecule is Cc1c(C(=O)Nc2nc(-c3cccc4ccccc34)cs2)cnn1C. The van der Waals surface area contributed by atoms with Crippen molar-refractivity contribution in [1.29, 1.82) is 0 Å². The highest BCUT2D eigenvalue weighted by Gasteiger charge is 2.15. The molecule has 0 aliphatic heterocycles. The van der Waals surface area contributed by atoms with Crippen LogP contribution in [0.25, 0.3) is 22.0 Å². The highest BCUT2D eigenvalue weighted by atomic mass is 32.1. The fraction of sp³-hybridized carbons (Fsp3) is 0.105. The average molecular weight is 348 g/mol. The summed E-state index contributed by atoms with van der Waals surface area (Å²) in [6.07, 6.45) is 1.57. The summed E-state index contributed by atoms with van der Waals surface area (Å²) in [6, 6.07) is 14.4. The van der Waals surface area contributed by atoms with Gasteiger partial charge in [-0.05, 0) is 17.7 Å². The smallest absolute Gasteiger partial charge is 0.260 e. The number of amides is 1. The van der Waals surface area contributed by atoms with Gasteiger partial charge in [0.1, 0.15) is 0 Å². The fourth-order valence-electron chi connectivity index (χ4n) is 2.79. The van der Waals surface area contributed by atoms with E-state index in [0.29, 0.717) is 10.7 Å². The van der Waals surface area contributed by atoms with Gasteiger partial charge in [-0.1, -0.05) is 42.5 Å². The number of aromatic nitrogens is 3. The number of nitrogens with one attached hydrogen (secondary N) is 1. The molecule has 2 heterocycles. The molecular formula is C19H16N4OS. The van der Waals surface area contributed by atoms with Gasteiger partial charge in [-0.3, -0.25) is 14.8 Å². The first kappa shape index (κ1) is 15.5. The van der Waals surface area contributed by atoms with Crippen LogP contribution in [0.1, 0.15) is 16.1 Å². The van der Waals surface area contributed by atoms with E-state index in [4.69, 9.17) is 0 Å². The van der Waals surface area contributed by atoms with E-state index in [2.05, 4.69) is 33.6 Å². The second-order valence-corrected chi connectivity index (χ2v) is 6.64. The number of benzene rings is 2. The maximum Gasteiger partial charge on any atom is 0.260 e. The largest absolute Gasteiger partial charge is 0.298 e. The first-order valence-electron chi connectivity index (χ1n) is 7.87. The molecule has 2 aromatic heterocycles. The van der Waals surface area contributed by atoms with E-state index in [-0.39, 0.29) is 5.91 Å². The van der Waals surface area contributed by atoms with Gasteiger partial charge in [0.25, 0.3) is 5.91 Å². The van der Waals surface area contributed by atoms with Crippen molar-refractivity contribution in [3.8, 4) is 11.3 Å². The van der Waals surface area contributed by atoms with Gasteiger partial charge in [-0.2, -0.15) is 5.10 Å². The highest BCUT2D eigenvalue weighted by molar-refractivity contribution is 7.14. The van der Waals surface area contributed by atoms with Crippen molar-refractivity contribution >= 4 is 33.1 Å². The van der Waals surface area contributed by atoms with Gasteiger partial charge in [0.15, 0.2) is 5.13 Å². The van der Waals surface area contributed by atoms with Gasteiger partial charge in [0.2, 0.25) is 0 Å². The lowest BCUT2D eigenvalue weighted by Crippen LogP contribution is -2.12. The second kappa shape index (κ2) is 6.14. The molecule has 0 unspecified atom stereocenters. The molecule has 4 rings (SSSR count). The van der Waals surface area contributed by atoms with Crippen LogP contribution < -0.4 is 5.32 Å². The van der Waals surface area contributed by atoms with Crippen LogP contribution in [-0.2, 0) is 7.05 Å². The molecule has 0 fully saturated rings. The van der Waals surface area contributed by atoms with Crippen molar-refractivity contribution < 1.29 is 4.79 Å². The monoisotopic (exact) mass is 348 g/mol. The molecule has 0 saturated heterocycles. The number of aryl methyl sites for hydroxylation is 1. The summed E-state index contributed by atoms with van der Waals surface area (Å²) in [6.45, 7) is 1.87. The van der Waals surface area contributed by atoms with Crippen LogP contribution in [0.5, 0.6) is 0 Å². The molecule has 124 valence electrons. The van der Waals surface area contributed by atoms with Crippen molar-refractivity contribution in [1.82, 2.24) is 14.8 Å². The molecule has 4 aromatic rings. The Hall–Kier alpha value is -2.99. The lowest BCUT2D eigenvalue weighted by atomic mass is 10.0. The summed E-state index contributed by atoms with van der Waals surface area (Å²) in [7, 11) is 1.81. The molecule has 0 aliphatic rings. The van der Waals surface area contributed by atoms with Crippen LogP contribution in [0.4, 0.5) is 5.13 Å². The number of rotatable bonds is 3. The zero-order valence-corrected chi connectivity index (χ0v) is 14.7. The van der Waals surface area contributed by atoms with Crippen LogP contribution in [0.2, 0.25) is 0 Å². The first-order valence-corrected chi connectivity index (χ1v) is 8.75. The van der Waals surface area contributed by atoms with Crippen molar-refractivity contribution in [2.75, 3.05) is 5.32 Å². The number of anilines is 1. The Kier molecular flexibility index (Phi) is 3.82. The third kappa shape index (κ3) is 2.81. The summed E-state index contributed by atoms with van der Waals surface area (Å²) in [5.74, 6) is -0.190. The minimum absolute atomic E-state index is 0.190. The maximum atomic E-state index is 12.4. The van der Waals surface area contributed by atoms with Crippen LogP contribution in [0.15, 0.2) is 54.0 Å². The molecule has 1 N–H and O–H groups in total. The van der Waals surface area contributed by atoms with E-state index >= 15 is 0 Å². The predicted molar refractivity (Wildman–Crippen MR) is 101 cm³/mol. The maximum absolute atomic E-state index is 12.4. The zero-order valence-electron chi connectivity index (χ0n) is 13.9. The minimum atomic E-state index is -0.190. The molecule has 2 aromatic carbocycles. The van der Waals surface area contributed by atoms with E-state index in [9.17, 15) is 4.79 Å². The van der Waals surface area contributed by atoms with Crippen LogP contribution >= 0.6 is 11.3 Å². The number of carbonyl (C=O) groups excluding carboxylic acids is 1. The quantitative estimate of drug-likeness (QED) is 0.602. The Morgan fingerprint density at radius 3 is 2.76 bits per heavy atom. The van der Waals surface area contributed by atoms with Gasteiger partial charge in [0, 0.05) is 23.7 Å². The zero-order chi connectivity index (χ0) is 17.4. The molecule has 0 bridgehead atoms. The third-order valence-electron chi connectivity index (χ3n) is 4.27. The van der Waals surface area contributed by atoms with Crippen molar-refractivity contribution in [3.05, 3.63) is 65.3 Å². The van der Waals surface area contributed by atoms with Gasteiger partial charge in [-0.25, -0.2) is 4.98 Å². The van der Waals surface area contributed by atoms with Crippen molar-refractivity contribution in [2.45, 2.75) is 6.92 Å². The molecule has 1 amide bonds. The molecule has 5 nitrogen and oxygen atoms in total. The molecular weight excluding hydrogens is 332 g/mol. The molecule has 0 aliphatic carbocycles. The Morgan fingerprint density at radius 1 is 1.16 bits per heavy atom. The van der Waals surface area contributed by atoms with Crippen molar-refractivity contribution in [3.63, 3.8) is 0 Å². The normalized spacial score (nSPS) is 11.0. The number of nitrogens with zero attached hydrogens (tertiary/aromatic N) is 3. The molecule has 0 atom stereocenters. The molecule has 25 heavy (non-hydrogen) atoms. The Bertz CT molecular complexity index is 1070. The number of thiazole rings is 1. The Balaban J connectivity index is 1.64. The third-order valence-corrected chi connectivity index (χ3v) is 5.03. The van der Waals surface area contributed by atoms with E-state index in [1.165, 1.54) is 16.7 Å².